The Labute approximate surface area is 290 Å². The normalized spacial score (nSPS) is 11.8. The predicted octanol–water partition coefficient (Wildman–Crippen LogP) is 6.84. The zero-order valence-electron chi connectivity index (χ0n) is 26.7. The highest BCUT2D eigenvalue weighted by molar-refractivity contribution is 6.04. The van der Waals surface area contributed by atoms with Gasteiger partial charge in [0.1, 0.15) is 34.4 Å². The van der Waals surface area contributed by atoms with Gasteiger partial charge in [-0.2, -0.15) is 0 Å². The molecule has 1 aliphatic rings. The summed E-state index contributed by atoms with van der Waals surface area (Å²) in [6, 6.07) is 26.3. The Morgan fingerprint density at radius 3 is 1.90 bits per heavy atom. The first-order chi connectivity index (χ1) is 25.1. The summed E-state index contributed by atoms with van der Waals surface area (Å²) in [6.45, 7) is 1.15. The average molecular weight is 685 g/mol. The van der Waals surface area contributed by atoms with Gasteiger partial charge in [0.15, 0.2) is 11.5 Å². The van der Waals surface area contributed by atoms with Crippen molar-refractivity contribution in [3.63, 3.8) is 0 Å². The minimum atomic E-state index is -0.264. The van der Waals surface area contributed by atoms with Crippen LogP contribution in [0.5, 0.6) is 34.5 Å². The summed E-state index contributed by atoms with van der Waals surface area (Å²) < 4.78 is 33.1. The second-order valence-electron chi connectivity index (χ2n) is 10.7. The van der Waals surface area contributed by atoms with Crippen LogP contribution in [0.3, 0.4) is 0 Å². The summed E-state index contributed by atoms with van der Waals surface area (Å²) in [5.41, 5.74) is 8.45. The minimum absolute atomic E-state index is 0.264. The number of anilines is 2. The van der Waals surface area contributed by atoms with Crippen LogP contribution in [-0.2, 0) is 0 Å². The molecule has 0 fully saturated rings. The molecule has 1 amide bonds. The number of carbonyl (C=O) groups is 1. The van der Waals surface area contributed by atoms with Crippen LogP contribution in [0.2, 0.25) is 0 Å². The summed E-state index contributed by atoms with van der Waals surface area (Å²) in [4.78, 5) is 21.1. The number of hydrogen-bond acceptors (Lipinski definition) is 14. The van der Waals surface area contributed by atoms with E-state index in [0.717, 1.165) is 6.42 Å². The topological polar surface area (TPSA) is 196 Å². The van der Waals surface area contributed by atoms with Crippen molar-refractivity contribution in [2.45, 2.75) is 6.42 Å². The number of ether oxygens (including phenoxy) is 4. The number of pyridine rings is 2. The number of nitrogens with one attached hydrogen (secondary N) is 1. The molecular formula is C36H28N8O7. The van der Waals surface area contributed by atoms with Gasteiger partial charge in [-0.05, 0) is 54.6 Å². The van der Waals surface area contributed by atoms with Gasteiger partial charge in [0, 0.05) is 60.0 Å². The van der Waals surface area contributed by atoms with Gasteiger partial charge < -0.3 is 38.8 Å². The summed E-state index contributed by atoms with van der Waals surface area (Å²) >= 11 is 0. The third-order valence-corrected chi connectivity index (χ3v) is 7.05. The maximum Gasteiger partial charge on any atom is 0.266 e. The Morgan fingerprint density at radius 2 is 1.27 bits per heavy atom. The molecule has 0 spiro atoms. The van der Waals surface area contributed by atoms with E-state index in [-0.39, 0.29) is 5.91 Å². The van der Waals surface area contributed by atoms with Crippen LogP contribution in [0.15, 0.2) is 125 Å². The van der Waals surface area contributed by atoms with E-state index in [2.05, 4.69) is 35.7 Å². The third-order valence-electron chi connectivity index (χ3n) is 7.05. The van der Waals surface area contributed by atoms with E-state index in [9.17, 15) is 4.79 Å². The van der Waals surface area contributed by atoms with Gasteiger partial charge in [-0.25, -0.2) is 0 Å². The fourth-order valence-electron chi connectivity index (χ4n) is 4.75. The fourth-order valence-corrected chi connectivity index (χ4v) is 4.75. The van der Waals surface area contributed by atoms with E-state index in [1.807, 2.05) is 12.1 Å². The molecular weight excluding hydrogens is 656 g/mol. The van der Waals surface area contributed by atoms with Crippen molar-refractivity contribution >= 4 is 17.3 Å². The first kappa shape index (κ1) is 32.3. The van der Waals surface area contributed by atoms with Gasteiger partial charge in [0.25, 0.3) is 17.7 Å². The maximum absolute atomic E-state index is 12.8. The Hall–Kier alpha value is -7.29. The van der Waals surface area contributed by atoms with E-state index in [0.29, 0.717) is 87.8 Å². The molecule has 3 N–H and O–H groups in total. The number of nitrogens with zero attached hydrogens (tertiary/aromatic N) is 6. The first-order valence-electron chi connectivity index (χ1n) is 15.5. The van der Waals surface area contributed by atoms with Crippen molar-refractivity contribution in [1.82, 2.24) is 30.4 Å². The molecule has 15 nitrogen and oxygen atoms in total. The number of hydrogen-bond donors (Lipinski definition) is 2. The van der Waals surface area contributed by atoms with Crippen molar-refractivity contribution in [2.75, 3.05) is 24.3 Å². The molecule has 0 unspecified atom stereocenters. The number of nitrogens with two attached hydrogens (primary N) is 1. The van der Waals surface area contributed by atoms with E-state index < -0.39 is 0 Å². The SMILES string of the molecule is Nc1cccc(Oc2ccnc(-c3nnco3)c2)c1.O=C(Nc1cccc(Oc2ccnc(-c3nnco3)c2)c1)c1ccc2c(c1)OCCCO2. The largest absolute Gasteiger partial charge is 0.490 e. The second kappa shape index (κ2) is 15.3. The van der Waals surface area contributed by atoms with Crippen LogP contribution in [0, 0.1) is 0 Å². The predicted molar refractivity (Wildman–Crippen MR) is 183 cm³/mol. The fraction of sp³-hybridized carbons (Fsp3) is 0.0833. The van der Waals surface area contributed by atoms with Crippen molar-refractivity contribution in [3.05, 3.63) is 122 Å². The molecule has 4 aromatic heterocycles. The molecule has 5 heterocycles. The summed E-state index contributed by atoms with van der Waals surface area (Å²) in [5, 5.41) is 17.8. The Kier molecular flexibility index (Phi) is 9.67. The highest BCUT2D eigenvalue weighted by Crippen LogP contribution is 2.32. The molecule has 15 heteroatoms. The number of nitrogen functional groups attached to an aromatic ring is 1. The van der Waals surface area contributed by atoms with Gasteiger partial charge >= 0.3 is 0 Å². The molecule has 3 aromatic carbocycles. The van der Waals surface area contributed by atoms with E-state index in [1.54, 1.807) is 91.3 Å². The van der Waals surface area contributed by atoms with E-state index in [1.165, 1.54) is 12.8 Å². The van der Waals surface area contributed by atoms with Crippen LogP contribution < -0.4 is 30.0 Å². The van der Waals surface area contributed by atoms with Gasteiger partial charge in [-0.3, -0.25) is 14.8 Å². The maximum atomic E-state index is 12.8. The molecule has 7 aromatic rings. The molecule has 0 bridgehead atoms. The van der Waals surface area contributed by atoms with Crippen molar-refractivity contribution in [1.29, 1.82) is 0 Å². The molecule has 8 rings (SSSR count). The van der Waals surface area contributed by atoms with Gasteiger partial charge in [0.2, 0.25) is 12.8 Å². The lowest BCUT2D eigenvalue weighted by Gasteiger charge is -2.11. The molecule has 0 aliphatic carbocycles. The third kappa shape index (κ3) is 8.42. The lowest BCUT2D eigenvalue weighted by atomic mass is 10.2. The average Bonchev–Trinajstić information content (AvgIpc) is 3.85. The Bertz CT molecular complexity index is 2230. The first-order valence-corrected chi connectivity index (χ1v) is 15.5. The molecule has 254 valence electrons. The highest BCUT2D eigenvalue weighted by atomic mass is 16.5. The monoisotopic (exact) mass is 684 g/mol. The molecule has 1 aliphatic heterocycles. The summed E-state index contributed by atoms with van der Waals surface area (Å²) in [7, 11) is 0. The Morgan fingerprint density at radius 1 is 0.667 bits per heavy atom. The second-order valence-corrected chi connectivity index (χ2v) is 10.7. The highest BCUT2D eigenvalue weighted by Gasteiger charge is 2.15. The standard InChI is InChI=1S/C23H18N4O5.C13H10N4O2/c28-22(15-5-6-20-21(11-15)30-10-2-9-29-20)26-16-3-1-4-17(12-16)32-18-7-8-24-19(13-18)23-27-25-14-31-23;14-9-2-1-3-10(6-9)19-11-4-5-15-12(7-11)13-17-16-8-18-13/h1,3-8,11-14H,2,9-10H2,(H,26,28);1-8H,14H2. The van der Waals surface area contributed by atoms with Crippen molar-refractivity contribution in [3.8, 4) is 57.7 Å². The number of rotatable bonds is 8. The van der Waals surface area contributed by atoms with Gasteiger partial charge in [-0.1, -0.05) is 12.1 Å². The Balaban J connectivity index is 0.000000182. The molecule has 0 atom stereocenters. The number of benzene rings is 3. The van der Waals surface area contributed by atoms with E-state index in [4.69, 9.17) is 33.5 Å². The molecule has 0 saturated carbocycles. The summed E-state index contributed by atoms with van der Waals surface area (Å²) in [6.07, 6.45) is 6.49. The lowest BCUT2D eigenvalue weighted by Crippen LogP contribution is -2.12. The van der Waals surface area contributed by atoms with Gasteiger partial charge in [-0.15, -0.1) is 20.4 Å². The molecule has 51 heavy (non-hydrogen) atoms. The number of amides is 1. The number of fused-ring (bicyclic) bond motifs is 1. The van der Waals surface area contributed by atoms with E-state index >= 15 is 0 Å². The quantitative estimate of drug-likeness (QED) is 0.158. The smallest absolute Gasteiger partial charge is 0.266 e. The van der Waals surface area contributed by atoms with Crippen molar-refractivity contribution < 1.29 is 32.6 Å². The number of carbonyl (C=O) groups excluding carboxylic acids is 1. The number of aromatic nitrogens is 6. The summed E-state index contributed by atoms with van der Waals surface area (Å²) in [5.74, 6) is 3.96. The lowest BCUT2D eigenvalue weighted by molar-refractivity contribution is 0.102. The van der Waals surface area contributed by atoms with Crippen LogP contribution in [-0.4, -0.2) is 49.5 Å². The van der Waals surface area contributed by atoms with Crippen molar-refractivity contribution in [2.24, 2.45) is 0 Å². The molecule has 0 radical (unpaired) electrons. The van der Waals surface area contributed by atoms with Crippen LogP contribution >= 0.6 is 0 Å². The van der Waals surface area contributed by atoms with Crippen LogP contribution in [0.25, 0.3) is 23.2 Å². The zero-order valence-corrected chi connectivity index (χ0v) is 26.7. The van der Waals surface area contributed by atoms with Crippen LogP contribution in [0.1, 0.15) is 16.8 Å². The van der Waals surface area contributed by atoms with Crippen LogP contribution in [0.4, 0.5) is 11.4 Å². The molecule has 0 saturated heterocycles. The minimum Gasteiger partial charge on any atom is -0.490 e. The zero-order chi connectivity index (χ0) is 34.8. The van der Waals surface area contributed by atoms with Gasteiger partial charge in [0.05, 0.1) is 13.2 Å².